The first-order valence-corrected chi connectivity index (χ1v) is 8.91. The second-order valence-corrected chi connectivity index (χ2v) is 6.66. The van der Waals surface area contributed by atoms with E-state index in [1.54, 1.807) is 6.92 Å². The Balaban J connectivity index is 2.96. The molecule has 0 saturated heterocycles. The van der Waals surface area contributed by atoms with Crippen molar-refractivity contribution in [3.8, 4) is 0 Å². The minimum absolute atomic E-state index is 0.136. The first-order chi connectivity index (χ1) is 10.3. The fraction of sp³-hybridized carbons (Fsp3) is 0.417. The van der Waals surface area contributed by atoms with Crippen molar-refractivity contribution in [3.63, 3.8) is 0 Å². The molecule has 22 heavy (non-hydrogen) atoms. The van der Waals surface area contributed by atoms with Gasteiger partial charge in [-0.05, 0) is 25.5 Å². The van der Waals surface area contributed by atoms with E-state index in [4.69, 9.17) is 4.74 Å². The number of benzene rings is 1. The Kier molecular flexibility index (Phi) is 6.91. The van der Waals surface area contributed by atoms with Crippen molar-refractivity contribution in [3.05, 3.63) is 34.4 Å². The number of non-ortho nitro benzene ring substituents is 1. The van der Waals surface area contributed by atoms with Gasteiger partial charge in [0.1, 0.15) is 6.04 Å². The van der Waals surface area contributed by atoms with E-state index < -0.39 is 27.0 Å². The average molecular weight is 395 g/mol. The fourth-order valence-corrected chi connectivity index (χ4v) is 3.26. The highest BCUT2D eigenvalue weighted by molar-refractivity contribution is 9.09. The zero-order chi connectivity index (χ0) is 16.8. The van der Waals surface area contributed by atoms with Gasteiger partial charge in [-0.1, -0.05) is 15.9 Å². The molecule has 10 heteroatoms. The molecule has 1 atom stereocenters. The van der Waals surface area contributed by atoms with Gasteiger partial charge in [-0.2, -0.15) is 4.72 Å². The molecule has 0 aliphatic carbocycles. The quantitative estimate of drug-likeness (QED) is 0.309. The highest BCUT2D eigenvalue weighted by Gasteiger charge is 2.26. The van der Waals surface area contributed by atoms with Gasteiger partial charge in [0.25, 0.3) is 5.69 Å². The highest BCUT2D eigenvalue weighted by atomic mass is 79.9. The maximum Gasteiger partial charge on any atom is 0.324 e. The van der Waals surface area contributed by atoms with Gasteiger partial charge in [0.15, 0.2) is 0 Å². The largest absolute Gasteiger partial charge is 0.465 e. The summed E-state index contributed by atoms with van der Waals surface area (Å²) in [4.78, 5) is 21.5. The number of alkyl halides is 1. The summed E-state index contributed by atoms with van der Waals surface area (Å²) < 4.78 is 31.5. The van der Waals surface area contributed by atoms with Crippen LogP contribution in [0.25, 0.3) is 0 Å². The molecule has 0 aliphatic heterocycles. The van der Waals surface area contributed by atoms with E-state index >= 15 is 0 Å². The van der Waals surface area contributed by atoms with Gasteiger partial charge in [0, 0.05) is 17.5 Å². The molecule has 0 saturated carbocycles. The Morgan fingerprint density at radius 2 is 2.00 bits per heavy atom. The molecular formula is C12H15BrN2O6S. The average Bonchev–Trinajstić information content (AvgIpc) is 2.47. The van der Waals surface area contributed by atoms with Gasteiger partial charge in [0.2, 0.25) is 10.0 Å². The molecule has 122 valence electrons. The number of nitro groups is 1. The second kappa shape index (κ2) is 8.20. The molecule has 0 unspecified atom stereocenters. The third kappa shape index (κ3) is 5.04. The first kappa shape index (κ1) is 18.5. The topological polar surface area (TPSA) is 116 Å². The maximum absolute atomic E-state index is 12.2. The molecule has 0 amide bonds. The van der Waals surface area contributed by atoms with Crippen molar-refractivity contribution in [2.24, 2.45) is 0 Å². The van der Waals surface area contributed by atoms with Gasteiger partial charge >= 0.3 is 5.97 Å². The Bertz CT molecular complexity index is 632. The molecule has 1 aromatic rings. The van der Waals surface area contributed by atoms with Crippen LogP contribution in [0.2, 0.25) is 0 Å². The van der Waals surface area contributed by atoms with Crippen LogP contribution in [0.15, 0.2) is 29.2 Å². The van der Waals surface area contributed by atoms with Crippen molar-refractivity contribution in [2.45, 2.75) is 24.3 Å². The molecule has 0 bridgehead atoms. The summed E-state index contributed by atoms with van der Waals surface area (Å²) in [6.45, 7) is 1.75. The highest BCUT2D eigenvalue weighted by Crippen LogP contribution is 2.16. The van der Waals surface area contributed by atoms with E-state index in [1.807, 2.05) is 0 Å². The molecule has 8 nitrogen and oxygen atoms in total. The number of rotatable bonds is 8. The van der Waals surface area contributed by atoms with Crippen LogP contribution in [0.1, 0.15) is 13.3 Å². The number of nitro benzene ring substituents is 1. The van der Waals surface area contributed by atoms with Crippen molar-refractivity contribution in [2.75, 3.05) is 11.9 Å². The molecule has 0 spiro atoms. The molecule has 0 heterocycles. The number of hydrogen-bond donors (Lipinski definition) is 1. The summed E-state index contributed by atoms with van der Waals surface area (Å²) >= 11 is 3.14. The smallest absolute Gasteiger partial charge is 0.324 e. The van der Waals surface area contributed by atoms with E-state index in [9.17, 15) is 23.3 Å². The van der Waals surface area contributed by atoms with Crippen molar-refractivity contribution in [1.29, 1.82) is 0 Å². The van der Waals surface area contributed by atoms with Gasteiger partial charge in [0.05, 0.1) is 16.4 Å². The lowest BCUT2D eigenvalue weighted by atomic mass is 10.2. The number of sulfonamides is 1. The molecule has 0 aliphatic rings. The summed E-state index contributed by atoms with van der Waals surface area (Å²) in [5.41, 5.74) is -0.221. The zero-order valence-electron chi connectivity index (χ0n) is 11.7. The molecule has 1 N–H and O–H groups in total. The summed E-state index contributed by atoms with van der Waals surface area (Å²) in [5, 5.41) is 11.0. The van der Waals surface area contributed by atoms with Crippen LogP contribution in [0, 0.1) is 10.1 Å². The number of nitrogens with zero attached hydrogens (tertiary/aromatic N) is 1. The van der Waals surface area contributed by atoms with Crippen molar-refractivity contribution >= 4 is 37.6 Å². The Morgan fingerprint density at radius 1 is 1.41 bits per heavy atom. The molecule has 0 radical (unpaired) electrons. The SMILES string of the molecule is CCOC(=O)[C@@H](CCBr)NS(=O)(=O)c1ccc([N+](=O)[O-])cc1. The number of carbonyl (C=O) groups excluding carboxylic acids is 1. The van der Waals surface area contributed by atoms with Gasteiger partial charge in [-0.15, -0.1) is 0 Å². The van der Waals surface area contributed by atoms with E-state index in [0.717, 1.165) is 24.3 Å². The van der Waals surface area contributed by atoms with Crippen LogP contribution in [-0.2, 0) is 19.6 Å². The van der Waals surface area contributed by atoms with Gasteiger partial charge < -0.3 is 4.74 Å². The minimum atomic E-state index is -3.98. The Morgan fingerprint density at radius 3 is 2.45 bits per heavy atom. The third-order valence-corrected chi connectivity index (χ3v) is 4.57. The number of esters is 1. The molecule has 0 aromatic heterocycles. The predicted octanol–water partition coefficient (Wildman–Crippen LogP) is 1.59. The van der Waals surface area contributed by atoms with Crippen LogP contribution in [-0.4, -0.2) is 37.3 Å². The summed E-state index contributed by atoms with van der Waals surface area (Å²) in [6.07, 6.45) is 0.213. The lowest BCUT2D eigenvalue weighted by molar-refractivity contribution is -0.384. The van der Waals surface area contributed by atoms with E-state index in [0.29, 0.717) is 5.33 Å². The van der Waals surface area contributed by atoms with Crippen molar-refractivity contribution < 1.29 is 22.9 Å². The van der Waals surface area contributed by atoms with Crippen LogP contribution in [0.3, 0.4) is 0 Å². The first-order valence-electron chi connectivity index (χ1n) is 6.31. The van der Waals surface area contributed by atoms with Gasteiger partial charge in [-0.25, -0.2) is 8.42 Å². The van der Waals surface area contributed by atoms with Crippen LogP contribution >= 0.6 is 15.9 Å². The zero-order valence-corrected chi connectivity index (χ0v) is 14.1. The Hall–Kier alpha value is -1.52. The standard InChI is InChI=1S/C12H15BrN2O6S/c1-2-21-12(16)11(7-8-13)14-22(19,20)10-5-3-9(4-6-10)15(17)18/h3-6,11,14H,2,7-8H2,1H3/t11-/m1/s1. The fourth-order valence-electron chi connectivity index (χ4n) is 1.58. The number of nitrogens with one attached hydrogen (secondary N) is 1. The lowest BCUT2D eigenvalue weighted by Gasteiger charge is -2.16. The van der Waals surface area contributed by atoms with E-state index in [2.05, 4.69) is 20.7 Å². The number of halogens is 1. The van der Waals surface area contributed by atoms with Crippen LogP contribution < -0.4 is 4.72 Å². The second-order valence-electron chi connectivity index (χ2n) is 4.15. The summed E-state index contributed by atoms with van der Waals surface area (Å²) in [7, 11) is -3.98. The van der Waals surface area contributed by atoms with Crippen LogP contribution in [0.5, 0.6) is 0 Å². The monoisotopic (exact) mass is 394 g/mol. The van der Waals surface area contributed by atoms with Crippen molar-refractivity contribution in [1.82, 2.24) is 4.72 Å². The summed E-state index contributed by atoms with van der Waals surface area (Å²) in [5.74, 6) is -0.674. The number of carbonyl (C=O) groups is 1. The van der Waals surface area contributed by atoms with E-state index in [-0.39, 0.29) is 23.6 Å². The molecule has 0 fully saturated rings. The third-order valence-electron chi connectivity index (χ3n) is 2.62. The maximum atomic E-state index is 12.2. The lowest BCUT2D eigenvalue weighted by Crippen LogP contribution is -2.42. The summed E-state index contributed by atoms with van der Waals surface area (Å²) in [6, 6.07) is 3.35. The molecule has 1 rings (SSSR count). The predicted molar refractivity (Wildman–Crippen MR) is 82.2 cm³/mol. The van der Waals surface area contributed by atoms with Gasteiger partial charge in [-0.3, -0.25) is 14.9 Å². The Labute approximate surface area is 136 Å². The normalized spacial score (nSPS) is 12.6. The minimum Gasteiger partial charge on any atom is -0.465 e. The van der Waals surface area contributed by atoms with E-state index in [1.165, 1.54) is 0 Å². The number of ether oxygens (including phenoxy) is 1. The molecular weight excluding hydrogens is 380 g/mol. The van der Waals surface area contributed by atoms with Crippen LogP contribution in [0.4, 0.5) is 5.69 Å². The molecule has 1 aromatic carbocycles. The number of hydrogen-bond acceptors (Lipinski definition) is 6.